The molecule has 0 atom stereocenters. The molecule has 1 aromatic carbocycles. The number of hydrogen-bond acceptors (Lipinski definition) is 4. The number of pyridine rings is 1. The molecule has 1 aliphatic carbocycles. The summed E-state index contributed by atoms with van der Waals surface area (Å²) >= 11 is 0. The number of nitrogens with zero attached hydrogens (tertiary/aromatic N) is 3. The third-order valence-electron chi connectivity index (χ3n) is 4.75. The Hall–Kier alpha value is -2.89. The SMILES string of the molecule is CCOc1ccccc1NC(=O)c1cc(C2CC2)nc2c1cnn2C(C)C. The Morgan fingerprint density at radius 1 is 1.33 bits per heavy atom. The molecule has 0 aliphatic heterocycles. The number of hydrogen-bond donors (Lipinski definition) is 1. The summed E-state index contributed by atoms with van der Waals surface area (Å²) in [6.07, 6.45) is 3.99. The van der Waals surface area contributed by atoms with Crippen LogP contribution >= 0.6 is 0 Å². The van der Waals surface area contributed by atoms with E-state index in [0.29, 0.717) is 29.5 Å². The van der Waals surface area contributed by atoms with Crippen molar-refractivity contribution < 1.29 is 9.53 Å². The molecule has 2 heterocycles. The Kier molecular flexibility index (Phi) is 4.56. The third kappa shape index (κ3) is 3.39. The van der Waals surface area contributed by atoms with Gasteiger partial charge in [0.05, 0.1) is 29.4 Å². The van der Waals surface area contributed by atoms with Crippen molar-refractivity contribution in [2.24, 2.45) is 0 Å². The lowest BCUT2D eigenvalue weighted by molar-refractivity contribution is 0.102. The van der Waals surface area contributed by atoms with Gasteiger partial charge in [-0.3, -0.25) is 4.79 Å². The fourth-order valence-corrected chi connectivity index (χ4v) is 3.23. The number of ether oxygens (including phenoxy) is 1. The van der Waals surface area contributed by atoms with Crippen molar-refractivity contribution in [3.05, 3.63) is 47.8 Å². The van der Waals surface area contributed by atoms with Gasteiger partial charge in [0.1, 0.15) is 5.75 Å². The van der Waals surface area contributed by atoms with Gasteiger partial charge in [-0.05, 0) is 51.8 Å². The van der Waals surface area contributed by atoms with Gasteiger partial charge in [0.15, 0.2) is 5.65 Å². The van der Waals surface area contributed by atoms with Crippen LogP contribution < -0.4 is 10.1 Å². The normalized spacial score (nSPS) is 13.9. The van der Waals surface area contributed by atoms with E-state index in [0.717, 1.165) is 29.6 Å². The molecule has 1 saturated carbocycles. The van der Waals surface area contributed by atoms with Gasteiger partial charge in [-0.15, -0.1) is 0 Å². The molecule has 0 spiro atoms. The molecule has 1 fully saturated rings. The van der Waals surface area contributed by atoms with Crippen molar-refractivity contribution in [1.82, 2.24) is 14.8 Å². The predicted octanol–water partition coefficient (Wildman–Crippen LogP) is 4.54. The van der Waals surface area contributed by atoms with Gasteiger partial charge in [0.25, 0.3) is 5.91 Å². The van der Waals surface area contributed by atoms with Crippen molar-refractivity contribution in [3.8, 4) is 5.75 Å². The van der Waals surface area contributed by atoms with E-state index in [-0.39, 0.29) is 11.9 Å². The van der Waals surface area contributed by atoms with Crippen molar-refractivity contribution in [1.29, 1.82) is 0 Å². The highest BCUT2D eigenvalue weighted by atomic mass is 16.5. The largest absolute Gasteiger partial charge is 0.492 e. The fraction of sp³-hybridized carbons (Fsp3) is 0.381. The fourth-order valence-electron chi connectivity index (χ4n) is 3.23. The van der Waals surface area contributed by atoms with E-state index in [1.807, 2.05) is 41.9 Å². The van der Waals surface area contributed by atoms with Crippen molar-refractivity contribution in [3.63, 3.8) is 0 Å². The molecule has 1 amide bonds. The Bertz CT molecular complexity index is 989. The molecule has 0 unspecified atom stereocenters. The highest BCUT2D eigenvalue weighted by Gasteiger charge is 2.28. The number of fused-ring (bicyclic) bond motifs is 1. The summed E-state index contributed by atoms with van der Waals surface area (Å²) in [5, 5.41) is 8.24. The topological polar surface area (TPSA) is 69.0 Å². The summed E-state index contributed by atoms with van der Waals surface area (Å²) in [6, 6.07) is 9.58. The smallest absolute Gasteiger partial charge is 0.256 e. The number of rotatable bonds is 6. The van der Waals surface area contributed by atoms with E-state index in [2.05, 4.69) is 24.3 Å². The van der Waals surface area contributed by atoms with E-state index >= 15 is 0 Å². The number of carbonyl (C=O) groups is 1. The van der Waals surface area contributed by atoms with Gasteiger partial charge in [-0.2, -0.15) is 5.10 Å². The summed E-state index contributed by atoms with van der Waals surface area (Å²) in [5.74, 6) is 0.950. The average molecular weight is 364 g/mol. The molecule has 1 aliphatic rings. The maximum atomic E-state index is 13.1. The first-order valence-electron chi connectivity index (χ1n) is 9.49. The standard InChI is InChI=1S/C21H24N4O2/c1-4-27-19-8-6-5-7-17(19)24-21(26)15-11-18(14-9-10-14)23-20-16(15)12-22-25(20)13(2)3/h5-8,11-14H,4,9-10H2,1-3H3,(H,24,26). The number of aromatic nitrogens is 3. The zero-order chi connectivity index (χ0) is 19.0. The molecule has 0 saturated heterocycles. The molecule has 3 aromatic rings. The van der Waals surface area contributed by atoms with E-state index in [9.17, 15) is 4.79 Å². The molecule has 1 N–H and O–H groups in total. The van der Waals surface area contributed by atoms with Crippen molar-refractivity contribution >= 4 is 22.6 Å². The zero-order valence-corrected chi connectivity index (χ0v) is 15.9. The van der Waals surface area contributed by atoms with Crippen LogP contribution in [-0.2, 0) is 0 Å². The first kappa shape index (κ1) is 17.5. The van der Waals surface area contributed by atoms with Crippen LogP contribution in [0, 0.1) is 0 Å². The molecule has 27 heavy (non-hydrogen) atoms. The maximum absolute atomic E-state index is 13.1. The summed E-state index contributed by atoms with van der Waals surface area (Å²) in [4.78, 5) is 17.9. The van der Waals surface area contributed by atoms with Gasteiger partial charge in [0, 0.05) is 17.7 Å². The minimum absolute atomic E-state index is 0.167. The Morgan fingerprint density at radius 2 is 2.11 bits per heavy atom. The van der Waals surface area contributed by atoms with Crippen molar-refractivity contribution in [2.45, 2.75) is 45.6 Å². The van der Waals surface area contributed by atoms with Gasteiger partial charge in [0.2, 0.25) is 0 Å². The Labute approximate surface area is 158 Å². The maximum Gasteiger partial charge on any atom is 0.256 e. The molecule has 4 rings (SSSR count). The number of nitrogens with one attached hydrogen (secondary N) is 1. The van der Waals surface area contributed by atoms with Crippen molar-refractivity contribution in [2.75, 3.05) is 11.9 Å². The first-order chi connectivity index (χ1) is 13.1. The summed E-state index contributed by atoms with van der Waals surface area (Å²) in [5.41, 5.74) is 3.03. The second kappa shape index (κ2) is 7.02. The number of anilines is 1. The van der Waals surface area contributed by atoms with Crippen LogP contribution in [-0.4, -0.2) is 27.3 Å². The average Bonchev–Trinajstić information content (AvgIpc) is 3.41. The van der Waals surface area contributed by atoms with Crippen LogP contribution in [0.2, 0.25) is 0 Å². The first-order valence-corrected chi connectivity index (χ1v) is 9.49. The zero-order valence-electron chi connectivity index (χ0n) is 15.9. The molecule has 140 valence electrons. The monoisotopic (exact) mass is 364 g/mol. The van der Waals surface area contributed by atoms with E-state index < -0.39 is 0 Å². The summed E-state index contributed by atoms with van der Waals surface area (Å²) < 4.78 is 7.51. The lowest BCUT2D eigenvalue weighted by Gasteiger charge is -2.13. The van der Waals surface area contributed by atoms with E-state index in [1.165, 1.54) is 0 Å². The van der Waals surface area contributed by atoms with Crippen LogP contribution in [0.25, 0.3) is 11.0 Å². The molecule has 0 bridgehead atoms. The number of para-hydroxylation sites is 2. The van der Waals surface area contributed by atoms with Crippen LogP contribution in [0.1, 0.15) is 61.6 Å². The molecule has 2 aromatic heterocycles. The van der Waals surface area contributed by atoms with Gasteiger partial charge >= 0.3 is 0 Å². The van der Waals surface area contributed by atoms with Crippen LogP contribution in [0.5, 0.6) is 5.75 Å². The number of amides is 1. The van der Waals surface area contributed by atoms with E-state index in [4.69, 9.17) is 9.72 Å². The summed E-state index contributed by atoms with van der Waals surface area (Å²) in [6.45, 7) is 6.60. The molecular formula is C21H24N4O2. The molecule has 0 radical (unpaired) electrons. The van der Waals surface area contributed by atoms with Crippen LogP contribution in [0.4, 0.5) is 5.69 Å². The quantitative estimate of drug-likeness (QED) is 0.697. The predicted molar refractivity (Wildman–Crippen MR) is 105 cm³/mol. The minimum atomic E-state index is -0.167. The number of carbonyl (C=O) groups excluding carboxylic acids is 1. The Balaban J connectivity index is 1.75. The minimum Gasteiger partial charge on any atom is -0.492 e. The molecular weight excluding hydrogens is 340 g/mol. The van der Waals surface area contributed by atoms with Gasteiger partial charge in [-0.1, -0.05) is 12.1 Å². The second-order valence-corrected chi connectivity index (χ2v) is 7.17. The van der Waals surface area contributed by atoms with Gasteiger partial charge in [-0.25, -0.2) is 9.67 Å². The highest BCUT2D eigenvalue weighted by Crippen LogP contribution is 2.40. The highest BCUT2D eigenvalue weighted by molar-refractivity contribution is 6.12. The van der Waals surface area contributed by atoms with Gasteiger partial charge < -0.3 is 10.1 Å². The third-order valence-corrected chi connectivity index (χ3v) is 4.75. The number of benzene rings is 1. The molecule has 6 nitrogen and oxygen atoms in total. The second-order valence-electron chi connectivity index (χ2n) is 7.17. The molecule has 6 heteroatoms. The lowest BCUT2D eigenvalue weighted by atomic mass is 10.1. The van der Waals surface area contributed by atoms with Crippen LogP contribution in [0.15, 0.2) is 36.5 Å². The Morgan fingerprint density at radius 3 is 2.81 bits per heavy atom. The van der Waals surface area contributed by atoms with E-state index in [1.54, 1.807) is 6.20 Å². The lowest BCUT2D eigenvalue weighted by Crippen LogP contribution is -2.14. The summed E-state index contributed by atoms with van der Waals surface area (Å²) in [7, 11) is 0. The van der Waals surface area contributed by atoms with Crippen LogP contribution in [0.3, 0.4) is 0 Å².